The molecule has 1 aromatic rings. The van der Waals surface area contributed by atoms with Crippen LogP contribution in [0.15, 0.2) is 18.3 Å². The summed E-state index contributed by atoms with van der Waals surface area (Å²) in [5.74, 6) is -0.0218. The number of hydrogen-bond acceptors (Lipinski definition) is 3. The van der Waals surface area contributed by atoms with E-state index in [1.165, 1.54) is 12.8 Å². The van der Waals surface area contributed by atoms with Crippen LogP contribution in [0.1, 0.15) is 48.7 Å². The van der Waals surface area contributed by atoms with E-state index in [9.17, 15) is 4.79 Å². The minimum atomic E-state index is -0.0385. The SMILES string of the molecule is CC1(NC(=O)c2ccnc(CN)c2)CCCC1.Cl. The van der Waals surface area contributed by atoms with Gasteiger partial charge in [0.25, 0.3) is 5.91 Å². The van der Waals surface area contributed by atoms with Gasteiger partial charge in [-0.05, 0) is 31.9 Å². The van der Waals surface area contributed by atoms with Crippen molar-refractivity contribution < 1.29 is 4.79 Å². The summed E-state index contributed by atoms with van der Waals surface area (Å²) in [5.41, 5.74) is 6.87. The molecular formula is C13H20ClN3O. The predicted octanol–water partition coefficient (Wildman–Crippen LogP) is 2.02. The molecule has 1 heterocycles. The number of nitrogens with one attached hydrogen (secondary N) is 1. The van der Waals surface area contributed by atoms with E-state index in [2.05, 4.69) is 17.2 Å². The maximum atomic E-state index is 12.1. The molecule has 0 unspecified atom stereocenters. The molecule has 5 heteroatoms. The molecule has 100 valence electrons. The summed E-state index contributed by atoms with van der Waals surface area (Å²) in [7, 11) is 0. The van der Waals surface area contributed by atoms with E-state index in [-0.39, 0.29) is 23.9 Å². The summed E-state index contributed by atoms with van der Waals surface area (Å²) < 4.78 is 0. The second-order valence-corrected chi connectivity index (χ2v) is 4.96. The number of nitrogens with zero attached hydrogens (tertiary/aromatic N) is 1. The molecule has 1 saturated carbocycles. The van der Waals surface area contributed by atoms with Gasteiger partial charge in [-0.25, -0.2) is 0 Å². The third kappa shape index (κ3) is 3.43. The molecule has 1 aliphatic rings. The van der Waals surface area contributed by atoms with Gasteiger partial charge in [-0.3, -0.25) is 9.78 Å². The Bertz CT molecular complexity index is 416. The van der Waals surface area contributed by atoms with Crippen molar-refractivity contribution in [3.8, 4) is 0 Å². The second kappa shape index (κ2) is 6.16. The first-order valence-electron chi connectivity index (χ1n) is 6.10. The number of carbonyl (C=O) groups excluding carboxylic acids is 1. The highest BCUT2D eigenvalue weighted by Gasteiger charge is 2.30. The molecule has 18 heavy (non-hydrogen) atoms. The fraction of sp³-hybridized carbons (Fsp3) is 0.538. The first-order valence-corrected chi connectivity index (χ1v) is 6.10. The Morgan fingerprint density at radius 3 is 2.78 bits per heavy atom. The number of aromatic nitrogens is 1. The minimum absolute atomic E-state index is 0. The van der Waals surface area contributed by atoms with Crippen molar-refractivity contribution in [3.05, 3.63) is 29.6 Å². The number of rotatable bonds is 3. The Kier molecular flexibility index (Phi) is 5.11. The molecule has 3 N–H and O–H groups in total. The van der Waals surface area contributed by atoms with E-state index in [4.69, 9.17) is 5.73 Å². The minimum Gasteiger partial charge on any atom is -0.347 e. The lowest BCUT2D eigenvalue weighted by Gasteiger charge is -2.25. The molecule has 0 aliphatic heterocycles. The average molecular weight is 270 g/mol. The summed E-state index contributed by atoms with van der Waals surface area (Å²) in [4.78, 5) is 16.2. The van der Waals surface area contributed by atoms with Crippen LogP contribution in [0.25, 0.3) is 0 Å². The topological polar surface area (TPSA) is 68.0 Å². The Morgan fingerprint density at radius 2 is 2.17 bits per heavy atom. The fourth-order valence-electron chi connectivity index (χ4n) is 2.36. The Hall–Kier alpha value is -1.13. The number of carbonyl (C=O) groups is 1. The largest absolute Gasteiger partial charge is 0.347 e. The fourth-order valence-corrected chi connectivity index (χ4v) is 2.36. The van der Waals surface area contributed by atoms with Gasteiger partial charge in [0.15, 0.2) is 0 Å². The van der Waals surface area contributed by atoms with Crippen LogP contribution in [0, 0.1) is 0 Å². The highest BCUT2D eigenvalue weighted by Crippen LogP contribution is 2.29. The highest BCUT2D eigenvalue weighted by atomic mass is 35.5. The first kappa shape index (κ1) is 14.9. The van der Waals surface area contributed by atoms with Gasteiger partial charge < -0.3 is 11.1 Å². The summed E-state index contributed by atoms with van der Waals surface area (Å²) >= 11 is 0. The van der Waals surface area contributed by atoms with Gasteiger partial charge in [-0.15, -0.1) is 12.4 Å². The lowest BCUT2D eigenvalue weighted by atomic mass is 10.00. The molecule has 0 radical (unpaired) electrons. The van der Waals surface area contributed by atoms with Gasteiger partial charge in [-0.1, -0.05) is 12.8 Å². The van der Waals surface area contributed by atoms with E-state index in [1.54, 1.807) is 18.3 Å². The van der Waals surface area contributed by atoms with Gasteiger partial charge in [0.2, 0.25) is 0 Å². The van der Waals surface area contributed by atoms with Gasteiger partial charge in [0, 0.05) is 23.8 Å². The first-order chi connectivity index (χ1) is 8.13. The van der Waals surface area contributed by atoms with E-state index in [1.807, 2.05) is 0 Å². The molecule has 1 fully saturated rings. The lowest BCUT2D eigenvalue weighted by Crippen LogP contribution is -2.43. The van der Waals surface area contributed by atoms with Crippen LogP contribution in [-0.4, -0.2) is 16.4 Å². The summed E-state index contributed by atoms with van der Waals surface area (Å²) in [6.07, 6.45) is 6.15. The molecule has 4 nitrogen and oxygen atoms in total. The van der Waals surface area contributed by atoms with Gasteiger partial charge in [0.05, 0.1) is 5.69 Å². The average Bonchev–Trinajstić information content (AvgIpc) is 2.76. The van der Waals surface area contributed by atoms with Crippen LogP contribution >= 0.6 is 12.4 Å². The summed E-state index contributed by atoms with van der Waals surface area (Å²) in [6.45, 7) is 2.47. The summed E-state index contributed by atoms with van der Waals surface area (Å²) in [5, 5.41) is 3.12. The van der Waals surface area contributed by atoms with Crippen molar-refractivity contribution >= 4 is 18.3 Å². The van der Waals surface area contributed by atoms with Crippen molar-refractivity contribution in [1.82, 2.24) is 10.3 Å². The van der Waals surface area contributed by atoms with Crippen LogP contribution in [0.3, 0.4) is 0 Å². The normalized spacial score (nSPS) is 17.0. The highest BCUT2D eigenvalue weighted by molar-refractivity contribution is 5.94. The van der Waals surface area contributed by atoms with Crippen LogP contribution in [0.4, 0.5) is 0 Å². The quantitative estimate of drug-likeness (QED) is 0.882. The number of pyridine rings is 1. The second-order valence-electron chi connectivity index (χ2n) is 4.96. The smallest absolute Gasteiger partial charge is 0.251 e. The molecule has 0 atom stereocenters. The van der Waals surface area contributed by atoms with Crippen molar-refractivity contribution in [1.29, 1.82) is 0 Å². The van der Waals surface area contributed by atoms with Crippen LogP contribution in [0.2, 0.25) is 0 Å². The molecule has 0 spiro atoms. The molecule has 2 rings (SSSR count). The number of nitrogens with two attached hydrogens (primary N) is 1. The van der Waals surface area contributed by atoms with E-state index in [0.29, 0.717) is 12.1 Å². The zero-order valence-corrected chi connectivity index (χ0v) is 11.4. The van der Waals surface area contributed by atoms with Gasteiger partial charge in [-0.2, -0.15) is 0 Å². The molecule has 1 aliphatic carbocycles. The number of hydrogen-bond donors (Lipinski definition) is 2. The number of halogens is 1. The van der Waals surface area contributed by atoms with Gasteiger partial charge >= 0.3 is 0 Å². The third-order valence-electron chi connectivity index (χ3n) is 3.41. The molecular weight excluding hydrogens is 250 g/mol. The Balaban J connectivity index is 0.00000162. The van der Waals surface area contributed by atoms with Crippen molar-refractivity contribution in [3.63, 3.8) is 0 Å². The maximum Gasteiger partial charge on any atom is 0.251 e. The predicted molar refractivity (Wildman–Crippen MR) is 73.7 cm³/mol. The monoisotopic (exact) mass is 269 g/mol. The maximum absolute atomic E-state index is 12.1. The van der Waals surface area contributed by atoms with E-state index < -0.39 is 0 Å². The van der Waals surface area contributed by atoms with Crippen molar-refractivity contribution in [2.75, 3.05) is 0 Å². The summed E-state index contributed by atoms with van der Waals surface area (Å²) in [6, 6.07) is 3.49. The molecule has 1 amide bonds. The molecule has 0 aromatic carbocycles. The van der Waals surface area contributed by atoms with E-state index in [0.717, 1.165) is 18.5 Å². The lowest BCUT2D eigenvalue weighted by molar-refractivity contribution is 0.0908. The molecule has 1 aromatic heterocycles. The van der Waals surface area contributed by atoms with Crippen LogP contribution < -0.4 is 11.1 Å². The van der Waals surface area contributed by atoms with Crippen molar-refractivity contribution in [2.24, 2.45) is 5.73 Å². The number of amides is 1. The van der Waals surface area contributed by atoms with Crippen molar-refractivity contribution in [2.45, 2.75) is 44.7 Å². The zero-order valence-electron chi connectivity index (χ0n) is 10.6. The van der Waals surface area contributed by atoms with Crippen LogP contribution in [0.5, 0.6) is 0 Å². The van der Waals surface area contributed by atoms with Gasteiger partial charge in [0.1, 0.15) is 0 Å². The molecule has 0 saturated heterocycles. The Morgan fingerprint density at radius 1 is 1.50 bits per heavy atom. The molecule has 0 bridgehead atoms. The third-order valence-corrected chi connectivity index (χ3v) is 3.41. The zero-order chi connectivity index (χ0) is 12.3. The standard InChI is InChI=1S/C13H19N3O.ClH/c1-13(5-2-3-6-13)16-12(17)10-4-7-15-11(8-10)9-14;/h4,7-8H,2-3,5-6,9,14H2,1H3,(H,16,17);1H. The van der Waals surface area contributed by atoms with Crippen LogP contribution in [-0.2, 0) is 6.54 Å². The Labute approximate surface area is 114 Å². The van der Waals surface area contributed by atoms with E-state index >= 15 is 0 Å².